The number of rotatable bonds is 0. The molecule has 0 aliphatic heterocycles. The van der Waals surface area contributed by atoms with Gasteiger partial charge in [0.2, 0.25) is 0 Å². The van der Waals surface area contributed by atoms with Crippen molar-refractivity contribution in [3.8, 4) is 11.1 Å². The van der Waals surface area contributed by atoms with E-state index in [2.05, 4.69) is 127 Å². The van der Waals surface area contributed by atoms with Crippen molar-refractivity contribution < 1.29 is 50.6 Å². The fourth-order valence-electron chi connectivity index (χ4n) is 7.41. The Kier molecular flexibility index (Phi) is 13.7. The summed E-state index contributed by atoms with van der Waals surface area (Å²) in [6.07, 6.45) is 4.18. The topological polar surface area (TPSA) is 0 Å². The van der Waals surface area contributed by atoms with Gasteiger partial charge in [0.05, 0.1) is 0 Å². The van der Waals surface area contributed by atoms with Crippen molar-refractivity contribution in [2.24, 2.45) is 5.92 Å². The normalized spacial score (nSPS) is 17.6. The second kappa shape index (κ2) is 17.1. The molecule has 0 bridgehead atoms. The molecular formula is C48H46F6Zr-4. The van der Waals surface area contributed by atoms with Gasteiger partial charge >= 0.3 is 40.8 Å². The van der Waals surface area contributed by atoms with Crippen molar-refractivity contribution in [2.45, 2.75) is 91.9 Å². The molecule has 0 aromatic heterocycles. The van der Waals surface area contributed by atoms with Crippen molar-refractivity contribution in [2.75, 3.05) is 0 Å². The van der Waals surface area contributed by atoms with Crippen LogP contribution in [-0.2, 0) is 53.8 Å². The van der Waals surface area contributed by atoms with Crippen molar-refractivity contribution >= 4 is 15.4 Å². The third-order valence-electron chi connectivity index (χ3n) is 10.0. The van der Waals surface area contributed by atoms with Gasteiger partial charge in [-0.15, -0.1) is 18.6 Å². The Bertz CT molecular complexity index is 1970. The molecule has 0 fully saturated rings. The standard InChI is InChI=1S/C25H25.C8H11.2C7H4F3.CH2.Zr/c1-14-12-24(3,4)22-8-16-7-17-9-23-19(15(2)13-25(23,5)6)11-21(17)20(16)10-18(14)22;1-6-4-7(2)8(3)5-6;2*8-7(9,10)6-4-2-1-3-5-6;;/h8-12H,7H2,1-6H3;4,6H,1-3H3;2*1-2,4-5H;1H2;/q4*-1;;. The maximum absolute atomic E-state index is 11.8. The Labute approximate surface area is 338 Å². The summed E-state index contributed by atoms with van der Waals surface area (Å²) in [5.41, 5.74) is 15.9. The van der Waals surface area contributed by atoms with Crippen LogP contribution in [0, 0.1) is 30.2 Å². The van der Waals surface area contributed by atoms with Gasteiger partial charge < -0.3 is 0 Å². The fraction of sp³-hybridized carbons (Fsp3) is 0.312. The van der Waals surface area contributed by atoms with E-state index >= 15 is 0 Å². The van der Waals surface area contributed by atoms with Gasteiger partial charge in [-0.05, 0) is 58.4 Å². The predicted octanol–water partition coefficient (Wildman–Crippen LogP) is 13.8. The molecule has 0 spiro atoms. The van der Waals surface area contributed by atoms with Gasteiger partial charge in [-0.3, -0.25) is 12.2 Å². The molecule has 0 saturated heterocycles. The molecule has 7 heteroatoms. The van der Waals surface area contributed by atoms with Crippen molar-refractivity contribution in [3.63, 3.8) is 0 Å². The van der Waals surface area contributed by atoms with Crippen LogP contribution in [0.5, 0.6) is 0 Å². The summed E-state index contributed by atoms with van der Waals surface area (Å²) in [6, 6.07) is 23.8. The van der Waals surface area contributed by atoms with Crippen LogP contribution in [0.15, 0.2) is 96.1 Å². The van der Waals surface area contributed by atoms with E-state index in [1.54, 1.807) is 0 Å². The van der Waals surface area contributed by atoms with E-state index in [0.29, 0.717) is 5.92 Å². The third kappa shape index (κ3) is 10.3. The third-order valence-corrected chi connectivity index (χ3v) is 10.0. The molecule has 0 saturated carbocycles. The Hall–Kier alpha value is -3.83. The Morgan fingerprint density at radius 2 is 1.16 bits per heavy atom. The van der Waals surface area contributed by atoms with Crippen LogP contribution >= 0.6 is 0 Å². The van der Waals surface area contributed by atoms with Gasteiger partial charge in [0.15, 0.2) is 0 Å². The molecule has 55 heavy (non-hydrogen) atoms. The van der Waals surface area contributed by atoms with E-state index in [1.165, 1.54) is 115 Å². The van der Waals surface area contributed by atoms with Crippen molar-refractivity contribution in [1.29, 1.82) is 0 Å². The zero-order valence-corrected chi connectivity index (χ0v) is 35.3. The summed E-state index contributed by atoms with van der Waals surface area (Å²) < 4.78 is 73.9. The first-order valence-electron chi connectivity index (χ1n) is 18.0. The molecule has 1 unspecified atom stereocenters. The SMILES string of the molecule is CC1=[C-]C(C)(C)c2cc3c(cc21)-c1cc2c(cc1C3)C(C)(C)C=C2C.CC1=[C-]C(C)C=C1C.FC(F)(F)c1c[c-]ccc1.FC(F)(F)c1c[c-]ccc1.[CH2]=[Zr]. The summed E-state index contributed by atoms with van der Waals surface area (Å²) in [5, 5.41) is 0. The number of hydrogen-bond acceptors (Lipinski definition) is 0. The van der Waals surface area contributed by atoms with Crippen LogP contribution in [0.3, 0.4) is 0 Å². The second-order valence-corrected chi connectivity index (χ2v) is 15.2. The van der Waals surface area contributed by atoms with Crippen molar-refractivity contribution in [1.82, 2.24) is 0 Å². The zero-order chi connectivity index (χ0) is 41.1. The zero-order valence-electron chi connectivity index (χ0n) is 32.8. The van der Waals surface area contributed by atoms with Crippen LogP contribution in [0.25, 0.3) is 22.3 Å². The fourth-order valence-corrected chi connectivity index (χ4v) is 7.41. The number of allylic oxidation sites excluding steroid dienone is 8. The van der Waals surface area contributed by atoms with Gasteiger partial charge in [-0.1, -0.05) is 89.1 Å². The second-order valence-electron chi connectivity index (χ2n) is 15.2. The molecule has 0 amide bonds. The van der Waals surface area contributed by atoms with E-state index < -0.39 is 23.5 Å². The first kappa shape index (κ1) is 43.9. The van der Waals surface area contributed by atoms with Crippen LogP contribution in [0.1, 0.15) is 107 Å². The van der Waals surface area contributed by atoms with Crippen LogP contribution < -0.4 is 0 Å². The molecule has 1 atom stereocenters. The molecule has 0 radical (unpaired) electrons. The van der Waals surface area contributed by atoms with Crippen LogP contribution in [-0.4, -0.2) is 4.21 Å². The van der Waals surface area contributed by atoms with Gasteiger partial charge in [0.1, 0.15) is 0 Å². The molecule has 0 N–H and O–H groups in total. The van der Waals surface area contributed by atoms with Crippen molar-refractivity contribution in [3.05, 3.63) is 165 Å². The van der Waals surface area contributed by atoms with E-state index in [4.69, 9.17) is 0 Å². The maximum atomic E-state index is 11.8. The number of halogens is 6. The molecule has 8 rings (SSSR count). The summed E-state index contributed by atoms with van der Waals surface area (Å²) in [6.45, 7) is 20.1. The number of benzene rings is 4. The Morgan fingerprint density at radius 1 is 0.673 bits per heavy atom. The molecule has 4 aliphatic rings. The summed E-state index contributed by atoms with van der Waals surface area (Å²) >= 11 is 1.30. The van der Waals surface area contributed by atoms with Gasteiger partial charge in [0.25, 0.3) is 0 Å². The first-order chi connectivity index (χ1) is 25.6. The first-order valence-corrected chi connectivity index (χ1v) is 19.7. The van der Waals surface area contributed by atoms with Gasteiger partial charge in [0, 0.05) is 5.41 Å². The van der Waals surface area contributed by atoms with Crippen LogP contribution in [0.4, 0.5) is 26.3 Å². The molecular weight excluding hydrogens is 782 g/mol. The molecule has 4 aromatic carbocycles. The average molecular weight is 828 g/mol. The molecule has 4 aliphatic carbocycles. The summed E-state index contributed by atoms with van der Waals surface area (Å²) in [4.78, 5) is 0. The molecule has 288 valence electrons. The minimum atomic E-state index is -4.24. The summed E-state index contributed by atoms with van der Waals surface area (Å²) in [7, 11) is 0. The molecule has 4 aromatic rings. The number of fused-ring (bicyclic) bond motifs is 5. The molecule has 0 heterocycles. The van der Waals surface area contributed by atoms with E-state index in [1.807, 2.05) is 0 Å². The average Bonchev–Trinajstić information content (AvgIpc) is 3.77. The monoisotopic (exact) mass is 826 g/mol. The minimum absolute atomic E-state index is 0.0340. The van der Waals surface area contributed by atoms with Gasteiger partial charge in [-0.25, -0.2) is 16.7 Å². The van der Waals surface area contributed by atoms with E-state index in [9.17, 15) is 26.3 Å². The molecule has 0 nitrogen and oxygen atoms in total. The van der Waals surface area contributed by atoms with Gasteiger partial charge in [-0.2, -0.15) is 98.6 Å². The number of alkyl halides is 6. The predicted molar refractivity (Wildman–Crippen MR) is 210 cm³/mol. The Balaban J connectivity index is 0.000000186. The Morgan fingerprint density at radius 3 is 1.55 bits per heavy atom. The number of hydrogen-bond donors (Lipinski definition) is 0. The van der Waals surface area contributed by atoms with E-state index in [-0.39, 0.29) is 10.8 Å². The summed E-state index contributed by atoms with van der Waals surface area (Å²) in [5.74, 6) is 0.551. The van der Waals surface area contributed by atoms with E-state index in [0.717, 1.165) is 30.7 Å². The quantitative estimate of drug-likeness (QED) is 0.108. The van der Waals surface area contributed by atoms with Crippen LogP contribution in [0.2, 0.25) is 0 Å².